The molecule has 1 aromatic heterocycles. The highest BCUT2D eigenvalue weighted by atomic mass is 19.4. The highest BCUT2D eigenvalue weighted by Gasteiger charge is 2.37. The zero-order valence-electron chi connectivity index (χ0n) is 15.0. The fraction of sp³-hybridized carbons (Fsp3) is 0.444. The van der Waals surface area contributed by atoms with Crippen molar-refractivity contribution in [3.05, 3.63) is 41.6 Å². The zero-order valence-corrected chi connectivity index (χ0v) is 15.0. The van der Waals surface area contributed by atoms with Crippen LogP contribution in [0.1, 0.15) is 38.8 Å². The lowest BCUT2D eigenvalue weighted by Gasteiger charge is -2.26. The van der Waals surface area contributed by atoms with Gasteiger partial charge in [-0.1, -0.05) is 25.1 Å². The predicted octanol–water partition coefficient (Wildman–Crippen LogP) is 5.00. The van der Waals surface area contributed by atoms with Crippen LogP contribution in [0, 0.1) is 0 Å². The van der Waals surface area contributed by atoms with Crippen molar-refractivity contribution in [3.8, 4) is 6.01 Å². The van der Waals surface area contributed by atoms with E-state index in [1.165, 1.54) is 4.90 Å². The first-order chi connectivity index (χ1) is 11.5. The SMILES string of the molecule is CCc1ccccc1N(C)c1nc(OC(C)(C)C)ncc1C(F)(F)F. The third kappa shape index (κ3) is 4.61. The Morgan fingerprint density at radius 3 is 2.32 bits per heavy atom. The summed E-state index contributed by atoms with van der Waals surface area (Å²) >= 11 is 0. The van der Waals surface area contributed by atoms with E-state index in [2.05, 4.69) is 9.97 Å². The third-order valence-electron chi connectivity index (χ3n) is 3.50. The van der Waals surface area contributed by atoms with Crippen LogP contribution < -0.4 is 9.64 Å². The first kappa shape index (κ1) is 19.0. The molecule has 0 saturated carbocycles. The number of rotatable bonds is 4. The summed E-state index contributed by atoms with van der Waals surface area (Å²) in [6.45, 7) is 7.29. The second kappa shape index (κ2) is 6.90. The van der Waals surface area contributed by atoms with E-state index in [0.29, 0.717) is 12.1 Å². The Kier molecular flexibility index (Phi) is 5.25. The summed E-state index contributed by atoms with van der Waals surface area (Å²) < 4.78 is 45.8. The fourth-order valence-electron chi connectivity index (χ4n) is 2.39. The number of alkyl halides is 3. The zero-order chi connectivity index (χ0) is 18.8. The number of halogens is 3. The number of aromatic nitrogens is 2. The number of anilines is 2. The monoisotopic (exact) mass is 353 g/mol. The molecule has 2 rings (SSSR count). The van der Waals surface area contributed by atoms with Crippen LogP contribution in [-0.4, -0.2) is 22.6 Å². The van der Waals surface area contributed by atoms with Gasteiger partial charge >= 0.3 is 12.2 Å². The van der Waals surface area contributed by atoms with E-state index < -0.39 is 17.3 Å². The second-order valence-electron chi connectivity index (χ2n) is 6.64. The lowest BCUT2D eigenvalue weighted by Crippen LogP contribution is -2.26. The Morgan fingerprint density at radius 2 is 1.76 bits per heavy atom. The van der Waals surface area contributed by atoms with Gasteiger partial charge in [0.05, 0.1) is 0 Å². The molecule has 1 heterocycles. The molecule has 2 aromatic rings. The third-order valence-corrected chi connectivity index (χ3v) is 3.50. The Hall–Kier alpha value is -2.31. The van der Waals surface area contributed by atoms with Crippen LogP contribution in [-0.2, 0) is 12.6 Å². The molecular formula is C18H22F3N3O. The van der Waals surface area contributed by atoms with Crippen LogP contribution in [0.4, 0.5) is 24.7 Å². The van der Waals surface area contributed by atoms with Crippen molar-refractivity contribution in [2.45, 2.75) is 45.9 Å². The molecule has 1 aromatic carbocycles. The lowest BCUT2D eigenvalue weighted by molar-refractivity contribution is -0.137. The average molecular weight is 353 g/mol. The first-order valence-corrected chi connectivity index (χ1v) is 7.98. The molecule has 0 bridgehead atoms. The van der Waals surface area contributed by atoms with Gasteiger partial charge in [0.1, 0.15) is 11.2 Å². The number of nitrogens with zero attached hydrogens (tertiary/aromatic N) is 3. The average Bonchev–Trinajstić information content (AvgIpc) is 2.51. The van der Waals surface area contributed by atoms with Gasteiger partial charge in [-0.05, 0) is 38.8 Å². The standard InChI is InChI=1S/C18H22F3N3O/c1-6-12-9-7-8-10-14(12)24(5)15-13(18(19,20)21)11-22-16(23-15)25-17(2,3)4/h7-11H,6H2,1-5H3. The van der Waals surface area contributed by atoms with E-state index in [4.69, 9.17) is 4.74 Å². The van der Waals surface area contributed by atoms with Gasteiger partial charge in [0.25, 0.3) is 0 Å². The summed E-state index contributed by atoms with van der Waals surface area (Å²) in [6.07, 6.45) is -3.10. The topological polar surface area (TPSA) is 38.2 Å². The summed E-state index contributed by atoms with van der Waals surface area (Å²) in [7, 11) is 1.56. The molecule has 0 fully saturated rings. The largest absolute Gasteiger partial charge is 0.458 e. The van der Waals surface area contributed by atoms with Crippen molar-refractivity contribution in [3.63, 3.8) is 0 Å². The molecule has 0 aliphatic carbocycles. The molecule has 0 amide bonds. The summed E-state index contributed by atoms with van der Waals surface area (Å²) in [6, 6.07) is 7.20. The smallest absolute Gasteiger partial charge is 0.421 e. The quantitative estimate of drug-likeness (QED) is 0.775. The summed E-state index contributed by atoms with van der Waals surface area (Å²) in [4.78, 5) is 9.21. The van der Waals surface area contributed by atoms with Crippen LogP contribution in [0.15, 0.2) is 30.5 Å². The molecule has 0 unspecified atom stereocenters. The molecule has 4 nitrogen and oxygen atoms in total. The van der Waals surface area contributed by atoms with Gasteiger partial charge in [-0.2, -0.15) is 18.2 Å². The van der Waals surface area contributed by atoms with Gasteiger partial charge in [-0.3, -0.25) is 0 Å². The van der Waals surface area contributed by atoms with Crippen molar-refractivity contribution in [2.75, 3.05) is 11.9 Å². The van der Waals surface area contributed by atoms with Crippen molar-refractivity contribution in [1.29, 1.82) is 0 Å². The highest BCUT2D eigenvalue weighted by Crippen LogP contribution is 2.38. The Morgan fingerprint density at radius 1 is 1.12 bits per heavy atom. The molecule has 0 aliphatic rings. The van der Waals surface area contributed by atoms with Crippen LogP contribution >= 0.6 is 0 Å². The van der Waals surface area contributed by atoms with E-state index in [1.807, 2.05) is 19.1 Å². The Bertz CT molecular complexity index is 739. The molecule has 136 valence electrons. The Labute approximate surface area is 145 Å². The van der Waals surface area contributed by atoms with E-state index >= 15 is 0 Å². The minimum Gasteiger partial charge on any atom is -0.458 e. The fourth-order valence-corrected chi connectivity index (χ4v) is 2.39. The number of aryl methyl sites for hydroxylation is 1. The maximum Gasteiger partial charge on any atom is 0.421 e. The molecule has 0 atom stereocenters. The van der Waals surface area contributed by atoms with E-state index in [0.717, 1.165) is 11.8 Å². The van der Waals surface area contributed by atoms with Crippen molar-refractivity contribution in [2.24, 2.45) is 0 Å². The van der Waals surface area contributed by atoms with E-state index in [-0.39, 0.29) is 11.8 Å². The van der Waals surface area contributed by atoms with Crippen molar-refractivity contribution < 1.29 is 17.9 Å². The summed E-state index contributed by atoms with van der Waals surface area (Å²) in [5, 5.41) is 0. The Balaban J connectivity index is 2.57. The molecule has 7 heteroatoms. The number of benzene rings is 1. The molecule has 0 saturated heterocycles. The van der Waals surface area contributed by atoms with Crippen LogP contribution in [0.5, 0.6) is 6.01 Å². The number of hydrogen-bond donors (Lipinski definition) is 0. The van der Waals surface area contributed by atoms with Crippen LogP contribution in [0.3, 0.4) is 0 Å². The van der Waals surface area contributed by atoms with Crippen LogP contribution in [0.2, 0.25) is 0 Å². The molecule has 0 aliphatic heterocycles. The summed E-state index contributed by atoms with van der Waals surface area (Å²) in [5.74, 6) is -0.234. The number of para-hydroxylation sites is 1. The van der Waals surface area contributed by atoms with Gasteiger partial charge in [-0.15, -0.1) is 0 Å². The first-order valence-electron chi connectivity index (χ1n) is 7.98. The molecule has 0 spiro atoms. The molecule has 0 N–H and O–H groups in total. The van der Waals surface area contributed by atoms with E-state index in [9.17, 15) is 13.2 Å². The molecule has 25 heavy (non-hydrogen) atoms. The van der Waals surface area contributed by atoms with Crippen molar-refractivity contribution >= 4 is 11.5 Å². The van der Waals surface area contributed by atoms with Gasteiger partial charge in [0, 0.05) is 18.9 Å². The summed E-state index contributed by atoms with van der Waals surface area (Å²) in [5.41, 5.74) is 0.0739. The maximum absolute atomic E-state index is 13.4. The van der Waals surface area contributed by atoms with Gasteiger partial charge < -0.3 is 9.64 Å². The maximum atomic E-state index is 13.4. The lowest BCUT2D eigenvalue weighted by atomic mass is 10.1. The van der Waals surface area contributed by atoms with Crippen LogP contribution in [0.25, 0.3) is 0 Å². The molecule has 0 radical (unpaired) electrons. The number of ether oxygens (including phenoxy) is 1. The normalized spacial score (nSPS) is 12.2. The number of hydrogen-bond acceptors (Lipinski definition) is 4. The highest BCUT2D eigenvalue weighted by molar-refractivity contribution is 5.66. The second-order valence-corrected chi connectivity index (χ2v) is 6.64. The van der Waals surface area contributed by atoms with E-state index in [1.54, 1.807) is 40.0 Å². The van der Waals surface area contributed by atoms with Gasteiger partial charge in [0.15, 0.2) is 5.82 Å². The molecular weight excluding hydrogens is 331 g/mol. The van der Waals surface area contributed by atoms with Gasteiger partial charge in [-0.25, -0.2) is 4.98 Å². The minimum atomic E-state index is -4.56. The van der Waals surface area contributed by atoms with Crippen molar-refractivity contribution in [1.82, 2.24) is 9.97 Å². The predicted molar refractivity (Wildman–Crippen MR) is 91.3 cm³/mol. The van der Waals surface area contributed by atoms with Gasteiger partial charge in [0.2, 0.25) is 0 Å². The minimum absolute atomic E-state index is 0.0867.